The predicted molar refractivity (Wildman–Crippen MR) is 88.3 cm³/mol. The molecular weight excluding hydrogens is 365 g/mol. The van der Waals surface area contributed by atoms with Crippen LogP contribution in [0.5, 0.6) is 11.6 Å². The Morgan fingerprint density at radius 1 is 1.05 bits per heavy atom. The number of anilines is 1. The first kappa shape index (κ1) is 13.1. The molecule has 0 atom stereocenters. The lowest BCUT2D eigenvalue weighted by Gasteiger charge is -2.09. The molecule has 100 valence electrons. The van der Waals surface area contributed by atoms with E-state index in [4.69, 9.17) is 4.74 Å². The van der Waals surface area contributed by atoms with E-state index in [2.05, 4.69) is 37.9 Å². The second-order valence-corrected chi connectivity index (χ2v) is 5.42. The monoisotopic (exact) mass is 377 g/mol. The van der Waals surface area contributed by atoms with E-state index in [0.29, 0.717) is 11.8 Å². The highest BCUT2D eigenvalue weighted by Gasteiger charge is 2.09. The van der Waals surface area contributed by atoms with Gasteiger partial charge in [0, 0.05) is 10.6 Å². The van der Waals surface area contributed by atoms with E-state index in [-0.39, 0.29) is 0 Å². The Bertz CT molecular complexity index is 761. The smallest absolute Gasteiger partial charge is 0.231 e. The molecule has 0 aliphatic rings. The molecular formula is C15H12IN3O. The van der Waals surface area contributed by atoms with Crippen molar-refractivity contribution in [3.05, 3.63) is 52.1 Å². The summed E-state index contributed by atoms with van der Waals surface area (Å²) in [6.45, 7) is 0. The Kier molecular flexibility index (Phi) is 3.68. The molecule has 0 radical (unpaired) electrons. The van der Waals surface area contributed by atoms with Gasteiger partial charge in [-0.2, -0.15) is 4.98 Å². The van der Waals surface area contributed by atoms with Crippen LogP contribution in [0.4, 0.5) is 5.95 Å². The van der Waals surface area contributed by atoms with Gasteiger partial charge in [-0.25, -0.2) is 4.98 Å². The third kappa shape index (κ3) is 2.67. The van der Waals surface area contributed by atoms with E-state index in [1.54, 1.807) is 7.05 Å². The zero-order chi connectivity index (χ0) is 13.9. The van der Waals surface area contributed by atoms with E-state index >= 15 is 0 Å². The largest absolute Gasteiger partial charge is 0.438 e. The molecule has 0 fully saturated rings. The first-order chi connectivity index (χ1) is 9.76. The van der Waals surface area contributed by atoms with Gasteiger partial charge in [0.15, 0.2) is 0 Å². The summed E-state index contributed by atoms with van der Waals surface area (Å²) in [6.07, 6.45) is 0. The molecule has 0 aliphatic carbocycles. The van der Waals surface area contributed by atoms with E-state index in [1.807, 2.05) is 48.5 Å². The molecule has 0 amide bonds. The van der Waals surface area contributed by atoms with Crippen LogP contribution >= 0.6 is 22.6 Å². The molecule has 1 heterocycles. The van der Waals surface area contributed by atoms with Gasteiger partial charge in [-0.15, -0.1) is 0 Å². The second-order valence-electron chi connectivity index (χ2n) is 4.18. The van der Waals surface area contributed by atoms with Crippen LogP contribution in [0.1, 0.15) is 0 Å². The molecule has 1 aromatic heterocycles. The number of hydrogen-bond acceptors (Lipinski definition) is 4. The molecule has 0 saturated carbocycles. The lowest BCUT2D eigenvalue weighted by molar-refractivity contribution is 0.468. The van der Waals surface area contributed by atoms with Crippen molar-refractivity contribution in [1.82, 2.24) is 9.97 Å². The van der Waals surface area contributed by atoms with Gasteiger partial charge in [0.25, 0.3) is 0 Å². The fourth-order valence-electron chi connectivity index (χ4n) is 1.88. The molecule has 3 rings (SSSR count). The summed E-state index contributed by atoms with van der Waals surface area (Å²) in [7, 11) is 1.79. The third-order valence-electron chi connectivity index (χ3n) is 2.80. The molecule has 3 aromatic rings. The number of fused-ring (bicyclic) bond motifs is 1. The van der Waals surface area contributed by atoms with Gasteiger partial charge in [0.1, 0.15) is 5.75 Å². The molecule has 0 bridgehead atoms. The van der Waals surface area contributed by atoms with Crippen LogP contribution in [-0.2, 0) is 0 Å². The molecule has 2 aromatic carbocycles. The summed E-state index contributed by atoms with van der Waals surface area (Å²) in [6, 6.07) is 15.7. The van der Waals surface area contributed by atoms with Gasteiger partial charge in [-0.1, -0.05) is 18.2 Å². The van der Waals surface area contributed by atoms with Crippen LogP contribution in [0.15, 0.2) is 48.5 Å². The lowest BCUT2D eigenvalue weighted by atomic mass is 10.2. The number of nitrogens with zero attached hydrogens (tertiary/aromatic N) is 2. The van der Waals surface area contributed by atoms with Crippen LogP contribution in [-0.4, -0.2) is 17.0 Å². The second kappa shape index (κ2) is 5.62. The minimum atomic E-state index is 0.546. The number of para-hydroxylation sites is 1. The molecule has 20 heavy (non-hydrogen) atoms. The summed E-state index contributed by atoms with van der Waals surface area (Å²) < 4.78 is 7.04. The highest BCUT2D eigenvalue weighted by Crippen LogP contribution is 2.28. The number of nitrogens with one attached hydrogen (secondary N) is 1. The van der Waals surface area contributed by atoms with Crippen molar-refractivity contribution >= 4 is 39.4 Å². The van der Waals surface area contributed by atoms with Crippen molar-refractivity contribution in [2.75, 3.05) is 12.4 Å². The molecule has 0 aliphatic heterocycles. The Hall–Kier alpha value is -1.89. The number of hydrogen-bond donors (Lipinski definition) is 1. The summed E-state index contributed by atoms with van der Waals surface area (Å²) >= 11 is 2.26. The zero-order valence-electron chi connectivity index (χ0n) is 10.8. The number of rotatable bonds is 3. The SMILES string of the molecule is CNc1nc(Oc2cccc(I)c2)c2ccccc2n1. The summed E-state index contributed by atoms with van der Waals surface area (Å²) in [5.74, 6) is 1.87. The van der Waals surface area contributed by atoms with Crippen molar-refractivity contribution in [3.63, 3.8) is 0 Å². The van der Waals surface area contributed by atoms with Crippen LogP contribution in [0, 0.1) is 3.57 Å². The minimum Gasteiger partial charge on any atom is -0.438 e. The Morgan fingerprint density at radius 3 is 2.70 bits per heavy atom. The maximum Gasteiger partial charge on any atom is 0.231 e. The molecule has 4 nitrogen and oxygen atoms in total. The van der Waals surface area contributed by atoms with Crippen molar-refractivity contribution in [3.8, 4) is 11.6 Å². The maximum atomic E-state index is 5.92. The summed E-state index contributed by atoms with van der Waals surface area (Å²) in [4.78, 5) is 8.81. The van der Waals surface area contributed by atoms with Gasteiger partial charge in [-0.3, -0.25) is 0 Å². The van der Waals surface area contributed by atoms with Crippen molar-refractivity contribution in [2.24, 2.45) is 0 Å². The molecule has 1 N–H and O–H groups in total. The van der Waals surface area contributed by atoms with Gasteiger partial charge in [0.05, 0.1) is 10.9 Å². The van der Waals surface area contributed by atoms with E-state index in [0.717, 1.165) is 20.2 Å². The van der Waals surface area contributed by atoms with Crippen LogP contribution in [0.2, 0.25) is 0 Å². The van der Waals surface area contributed by atoms with E-state index in [1.165, 1.54) is 0 Å². The van der Waals surface area contributed by atoms with E-state index < -0.39 is 0 Å². The topological polar surface area (TPSA) is 47.0 Å². The standard InChI is InChI=1S/C15H12IN3O/c1-17-15-18-13-8-3-2-7-12(13)14(19-15)20-11-6-4-5-10(16)9-11/h2-9H,1H3,(H,17,18,19). The number of benzene rings is 2. The first-order valence-electron chi connectivity index (χ1n) is 6.14. The Morgan fingerprint density at radius 2 is 1.90 bits per heavy atom. The maximum absolute atomic E-state index is 5.92. The molecule has 0 unspecified atom stereocenters. The van der Waals surface area contributed by atoms with Crippen molar-refractivity contribution in [1.29, 1.82) is 0 Å². The Labute approximate surface area is 130 Å². The van der Waals surface area contributed by atoms with Crippen LogP contribution in [0.25, 0.3) is 10.9 Å². The Balaban J connectivity index is 2.10. The van der Waals surface area contributed by atoms with Crippen LogP contribution < -0.4 is 10.1 Å². The average molecular weight is 377 g/mol. The van der Waals surface area contributed by atoms with Gasteiger partial charge in [0.2, 0.25) is 11.8 Å². The highest BCUT2D eigenvalue weighted by molar-refractivity contribution is 14.1. The van der Waals surface area contributed by atoms with Gasteiger partial charge in [-0.05, 0) is 52.9 Å². The lowest BCUT2D eigenvalue weighted by Crippen LogP contribution is -1.99. The van der Waals surface area contributed by atoms with Gasteiger partial charge >= 0.3 is 0 Å². The summed E-state index contributed by atoms with van der Waals surface area (Å²) in [5, 5.41) is 3.85. The van der Waals surface area contributed by atoms with Crippen molar-refractivity contribution in [2.45, 2.75) is 0 Å². The van der Waals surface area contributed by atoms with E-state index in [9.17, 15) is 0 Å². The number of ether oxygens (including phenoxy) is 1. The average Bonchev–Trinajstić information content (AvgIpc) is 2.47. The quantitative estimate of drug-likeness (QED) is 0.700. The number of halogens is 1. The summed E-state index contributed by atoms with van der Waals surface area (Å²) in [5.41, 5.74) is 0.854. The normalized spacial score (nSPS) is 10.5. The fourth-order valence-corrected chi connectivity index (χ4v) is 2.39. The first-order valence-corrected chi connectivity index (χ1v) is 7.22. The highest BCUT2D eigenvalue weighted by atomic mass is 127. The minimum absolute atomic E-state index is 0.546. The molecule has 0 spiro atoms. The fraction of sp³-hybridized carbons (Fsp3) is 0.0667. The third-order valence-corrected chi connectivity index (χ3v) is 3.47. The van der Waals surface area contributed by atoms with Gasteiger partial charge < -0.3 is 10.1 Å². The van der Waals surface area contributed by atoms with Crippen molar-refractivity contribution < 1.29 is 4.74 Å². The van der Waals surface area contributed by atoms with Crippen LogP contribution in [0.3, 0.4) is 0 Å². The molecule has 5 heteroatoms. The predicted octanol–water partition coefficient (Wildman–Crippen LogP) is 4.07. The number of aromatic nitrogens is 2. The zero-order valence-corrected chi connectivity index (χ0v) is 13.0. The molecule has 0 saturated heterocycles.